The Hall–Kier alpha value is -1.52. The Balaban J connectivity index is 2.17. The lowest BCUT2D eigenvalue weighted by Gasteiger charge is -2.39. The number of benzene rings is 1. The van der Waals surface area contributed by atoms with Crippen LogP contribution in [0.2, 0.25) is 18.1 Å². The van der Waals surface area contributed by atoms with Crippen LogP contribution in [0.3, 0.4) is 0 Å². The van der Waals surface area contributed by atoms with Gasteiger partial charge in [-0.05, 0) is 62.4 Å². The van der Waals surface area contributed by atoms with E-state index in [4.69, 9.17) is 18.6 Å². The zero-order valence-corrected chi connectivity index (χ0v) is 23.8. The van der Waals surface area contributed by atoms with E-state index >= 15 is 0 Å². The fourth-order valence-electron chi connectivity index (χ4n) is 3.58. The second-order valence-electron chi connectivity index (χ2n) is 10.4. The molecule has 1 heterocycles. The third kappa shape index (κ3) is 8.82. The number of sulfone groups is 1. The quantitative estimate of drug-likeness (QED) is 0.208. The van der Waals surface area contributed by atoms with Crippen molar-refractivity contribution in [3.05, 3.63) is 42.5 Å². The van der Waals surface area contributed by atoms with Crippen molar-refractivity contribution in [3.63, 3.8) is 0 Å². The van der Waals surface area contributed by atoms with Crippen LogP contribution in [0.5, 0.6) is 0 Å². The smallest absolute Gasteiger partial charge is 0.324 e. The number of ether oxygens (including phenoxy) is 3. The second-order valence-corrected chi connectivity index (χ2v) is 17.3. The molecule has 0 spiro atoms. The maximum Gasteiger partial charge on any atom is 0.324 e. The maximum absolute atomic E-state index is 13.2. The molecule has 0 aliphatic carbocycles. The molecule has 0 amide bonds. The zero-order valence-electron chi connectivity index (χ0n) is 22.0. The van der Waals surface area contributed by atoms with Crippen LogP contribution in [0, 0.1) is 0 Å². The van der Waals surface area contributed by atoms with Crippen molar-refractivity contribution < 1.29 is 31.8 Å². The number of hydrogen-bond donors (Lipinski definition) is 0. The van der Waals surface area contributed by atoms with Crippen LogP contribution in [0.1, 0.15) is 52.9 Å². The highest BCUT2D eigenvalue weighted by Crippen LogP contribution is 2.38. The van der Waals surface area contributed by atoms with Crippen LogP contribution >= 0.6 is 0 Å². The number of carbonyl (C=O) groups excluding carboxylic acids is 1. The SMILES string of the molecule is COC(=O)C(CC[C@H](/C=C/COC1CCCCO1)O[Si](C)(C)C(C)(C)C)S(=O)(=O)c1ccccc1. The molecule has 1 aliphatic heterocycles. The van der Waals surface area contributed by atoms with Gasteiger partial charge in [0.25, 0.3) is 0 Å². The summed E-state index contributed by atoms with van der Waals surface area (Å²) in [7, 11) is -4.85. The molecule has 0 aromatic heterocycles. The molecule has 0 saturated carbocycles. The van der Waals surface area contributed by atoms with E-state index in [0.29, 0.717) is 13.0 Å². The van der Waals surface area contributed by atoms with Crippen LogP contribution in [0.15, 0.2) is 47.4 Å². The van der Waals surface area contributed by atoms with Gasteiger partial charge in [-0.25, -0.2) is 8.42 Å². The average Bonchev–Trinajstić information content (AvgIpc) is 2.81. The van der Waals surface area contributed by atoms with Gasteiger partial charge in [0, 0.05) is 6.61 Å². The highest BCUT2D eigenvalue weighted by Gasteiger charge is 2.40. The van der Waals surface area contributed by atoms with Gasteiger partial charge < -0.3 is 18.6 Å². The maximum atomic E-state index is 13.2. The van der Waals surface area contributed by atoms with Crippen molar-refractivity contribution in [2.75, 3.05) is 20.3 Å². The minimum absolute atomic E-state index is 0.0244. The highest BCUT2D eigenvalue weighted by atomic mass is 32.2. The van der Waals surface area contributed by atoms with E-state index in [1.165, 1.54) is 19.2 Å². The topological polar surface area (TPSA) is 88.1 Å². The number of hydrogen-bond acceptors (Lipinski definition) is 7. The summed E-state index contributed by atoms with van der Waals surface area (Å²) in [5.74, 6) is -0.762. The molecule has 9 heteroatoms. The molecule has 1 aromatic carbocycles. The molecule has 0 radical (unpaired) electrons. The Labute approximate surface area is 212 Å². The van der Waals surface area contributed by atoms with Gasteiger partial charge in [-0.2, -0.15) is 0 Å². The first kappa shape index (κ1) is 29.7. The van der Waals surface area contributed by atoms with Crippen molar-refractivity contribution in [1.29, 1.82) is 0 Å². The number of carbonyl (C=O) groups is 1. The van der Waals surface area contributed by atoms with Crippen molar-refractivity contribution in [1.82, 2.24) is 0 Å². The molecular formula is C26H42O7SSi. The van der Waals surface area contributed by atoms with Gasteiger partial charge >= 0.3 is 5.97 Å². The van der Waals surface area contributed by atoms with Crippen LogP contribution in [0.4, 0.5) is 0 Å². The Kier molecular flexibility index (Phi) is 11.2. The Morgan fingerprint density at radius 1 is 1.17 bits per heavy atom. The summed E-state index contributed by atoms with van der Waals surface area (Å²) in [6.45, 7) is 11.9. The van der Waals surface area contributed by atoms with Gasteiger partial charge in [0.15, 0.2) is 29.7 Å². The lowest BCUT2D eigenvalue weighted by Crippen LogP contribution is -2.44. The Bertz CT molecular complexity index is 917. The van der Waals surface area contributed by atoms with Crippen molar-refractivity contribution in [3.8, 4) is 0 Å². The molecule has 1 saturated heterocycles. The monoisotopic (exact) mass is 526 g/mol. The summed E-state index contributed by atoms with van der Waals surface area (Å²) in [4.78, 5) is 12.6. The van der Waals surface area contributed by atoms with E-state index in [2.05, 4.69) is 33.9 Å². The molecular weight excluding hydrogens is 484 g/mol. The summed E-state index contributed by atoms with van der Waals surface area (Å²) in [6, 6.07) is 8.02. The molecule has 1 aliphatic rings. The molecule has 1 fully saturated rings. The Morgan fingerprint density at radius 3 is 2.43 bits per heavy atom. The number of rotatable bonds is 12. The number of methoxy groups -OCH3 is 1. The third-order valence-corrected chi connectivity index (χ3v) is 13.4. The van der Waals surface area contributed by atoms with Gasteiger partial charge in [-0.3, -0.25) is 4.79 Å². The summed E-state index contributed by atoms with van der Waals surface area (Å²) in [6.07, 6.45) is 6.76. The van der Waals surface area contributed by atoms with Crippen molar-refractivity contribution in [2.24, 2.45) is 0 Å². The summed E-state index contributed by atoms with van der Waals surface area (Å²) >= 11 is 0. The van der Waals surface area contributed by atoms with E-state index < -0.39 is 29.4 Å². The molecule has 7 nitrogen and oxygen atoms in total. The lowest BCUT2D eigenvalue weighted by molar-refractivity contribution is -0.155. The molecule has 3 atom stereocenters. The minimum atomic E-state index is -3.90. The molecule has 35 heavy (non-hydrogen) atoms. The molecule has 2 unspecified atom stereocenters. The largest absolute Gasteiger partial charge is 0.468 e. The Morgan fingerprint density at radius 2 is 1.86 bits per heavy atom. The molecule has 0 N–H and O–H groups in total. The van der Waals surface area contributed by atoms with Gasteiger partial charge in [0.1, 0.15) is 0 Å². The molecule has 1 aromatic rings. The van der Waals surface area contributed by atoms with Gasteiger partial charge in [0.2, 0.25) is 0 Å². The molecule has 0 bridgehead atoms. The zero-order chi connectivity index (χ0) is 26.1. The van der Waals surface area contributed by atoms with E-state index in [1.54, 1.807) is 18.2 Å². The van der Waals surface area contributed by atoms with Gasteiger partial charge in [-0.1, -0.05) is 51.1 Å². The first-order valence-electron chi connectivity index (χ1n) is 12.3. The van der Waals surface area contributed by atoms with Crippen LogP contribution in [0.25, 0.3) is 0 Å². The minimum Gasteiger partial charge on any atom is -0.468 e. The van der Waals surface area contributed by atoms with Gasteiger partial charge in [-0.15, -0.1) is 0 Å². The second kappa shape index (κ2) is 13.1. The first-order chi connectivity index (χ1) is 16.4. The fraction of sp³-hybridized carbons (Fsp3) is 0.654. The first-order valence-corrected chi connectivity index (χ1v) is 16.8. The van der Waals surface area contributed by atoms with Crippen LogP contribution in [-0.4, -0.2) is 60.7 Å². The van der Waals surface area contributed by atoms with E-state index in [9.17, 15) is 13.2 Å². The lowest BCUT2D eigenvalue weighted by atomic mass is 10.1. The van der Waals surface area contributed by atoms with E-state index in [-0.39, 0.29) is 28.7 Å². The normalized spacial score (nSPS) is 19.4. The van der Waals surface area contributed by atoms with Gasteiger partial charge in [0.05, 0.1) is 24.7 Å². The van der Waals surface area contributed by atoms with Crippen LogP contribution in [-0.2, 0) is 33.3 Å². The summed E-state index contributed by atoms with van der Waals surface area (Å²) in [5.41, 5.74) is 0. The number of esters is 1. The predicted molar refractivity (Wildman–Crippen MR) is 139 cm³/mol. The average molecular weight is 527 g/mol. The summed E-state index contributed by atoms with van der Waals surface area (Å²) in [5, 5.41) is -1.33. The van der Waals surface area contributed by atoms with Crippen molar-refractivity contribution in [2.45, 2.75) is 93.5 Å². The standard InChI is InChI=1S/C26H42O7SSi/c1-26(2,3)35(5,6)33-21(13-12-20-32-24-16-10-11-19-31-24)17-18-23(25(27)30-4)34(28,29)22-14-8-7-9-15-22/h7-9,12-15,21,23-24H,10-11,16-20H2,1-6H3/b13-12+/t21-,23?,24?/m0/s1. The molecule has 198 valence electrons. The summed E-state index contributed by atoms with van der Waals surface area (Å²) < 4.78 is 49.4. The third-order valence-electron chi connectivity index (χ3n) is 6.74. The molecule has 2 rings (SSSR count). The predicted octanol–water partition coefficient (Wildman–Crippen LogP) is 5.27. The van der Waals surface area contributed by atoms with Crippen LogP contribution < -0.4 is 0 Å². The fourth-order valence-corrected chi connectivity index (χ4v) is 6.55. The van der Waals surface area contributed by atoms with E-state index in [0.717, 1.165) is 25.9 Å². The van der Waals surface area contributed by atoms with Crippen molar-refractivity contribution >= 4 is 24.1 Å². The van der Waals surface area contributed by atoms with E-state index in [1.807, 2.05) is 12.2 Å². The highest BCUT2D eigenvalue weighted by molar-refractivity contribution is 7.92.